The van der Waals surface area contributed by atoms with Crippen LogP contribution in [-0.4, -0.2) is 38.3 Å². The average Bonchev–Trinajstić information content (AvgIpc) is 2.70. The number of hydrogen-bond acceptors (Lipinski definition) is 4. The third kappa shape index (κ3) is 2.90. The van der Waals surface area contributed by atoms with Gasteiger partial charge in [-0.1, -0.05) is 0 Å². The van der Waals surface area contributed by atoms with Gasteiger partial charge < -0.3 is 10.4 Å². The molecule has 2 rings (SSSR count). The summed E-state index contributed by atoms with van der Waals surface area (Å²) in [6.07, 6.45) is 1.67. The van der Waals surface area contributed by atoms with E-state index in [2.05, 4.69) is 15.4 Å². The van der Waals surface area contributed by atoms with E-state index in [0.29, 0.717) is 18.5 Å². The summed E-state index contributed by atoms with van der Waals surface area (Å²) in [5.41, 5.74) is 2.85. The number of carbonyl (C=O) groups is 1. The average molecular weight is 262 g/mol. The Morgan fingerprint density at radius 3 is 2.95 bits per heavy atom. The summed E-state index contributed by atoms with van der Waals surface area (Å²) in [4.78, 5) is 16.2. The van der Waals surface area contributed by atoms with Gasteiger partial charge in [0.2, 0.25) is 0 Å². The van der Waals surface area contributed by atoms with Crippen LogP contribution in [0.15, 0.2) is 12.3 Å². The molecule has 0 aliphatic carbocycles. The van der Waals surface area contributed by atoms with E-state index in [1.165, 1.54) is 0 Å². The third-order valence-corrected chi connectivity index (χ3v) is 2.94. The van der Waals surface area contributed by atoms with Crippen molar-refractivity contribution in [1.29, 1.82) is 0 Å². The fraction of sp³-hybridized carbons (Fsp3) is 0.462. The Balaban J connectivity index is 2.20. The molecule has 0 aliphatic rings. The molecule has 1 atom stereocenters. The lowest BCUT2D eigenvalue weighted by atomic mass is 10.2. The van der Waals surface area contributed by atoms with Gasteiger partial charge in [0.1, 0.15) is 0 Å². The number of aryl methyl sites for hydroxylation is 2. The number of aromatic nitrogens is 3. The Hall–Kier alpha value is -1.95. The minimum Gasteiger partial charge on any atom is -0.393 e. The van der Waals surface area contributed by atoms with E-state index < -0.39 is 6.10 Å². The standard InChI is InChI=1S/C13H18N4O2/c1-8-6-12-15-7-11(10(3)17(12)16-8)13(19)14-5-4-9(2)18/h6-7,9,18H,4-5H2,1-3H3,(H,14,19). The summed E-state index contributed by atoms with van der Waals surface area (Å²) < 4.78 is 1.67. The highest BCUT2D eigenvalue weighted by Crippen LogP contribution is 2.10. The van der Waals surface area contributed by atoms with Gasteiger partial charge in [0.25, 0.3) is 5.91 Å². The lowest BCUT2D eigenvalue weighted by Gasteiger charge is -2.09. The summed E-state index contributed by atoms with van der Waals surface area (Å²) in [6.45, 7) is 5.85. The zero-order valence-electron chi connectivity index (χ0n) is 11.3. The van der Waals surface area contributed by atoms with Crippen LogP contribution in [0.5, 0.6) is 0 Å². The highest BCUT2D eigenvalue weighted by Gasteiger charge is 2.13. The summed E-state index contributed by atoms with van der Waals surface area (Å²) in [5, 5.41) is 16.2. The van der Waals surface area contributed by atoms with E-state index in [1.54, 1.807) is 17.6 Å². The van der Waals surface area contributed by atoms with E-state index in [0.717, 1.165) is 17.0 Å². The summed E-state index contributed by atoms with van der Waals surface area (Å²) in [5.74, 6) is -0.194. The van der Waals surface area contributed by atoms with Crippen LogP contribution in [-0.2, 0) is 0 Å². The summed E-state index contributed by atoms with van der Waals surface area (Å²) in [7, 11) is 0. The van der Waals surface area contributed by atoms with Crippen LogP contribution in [0.4, 0.5) is 0 Å². The van der Waals surface area contributed by atoms with Crippen molar-refractivity contribution in [1.82, 2.24) is 19.9 Å². The quantitative estimate of drug-likeness (QED) is 0.856. The molecule has 0 saturated heterocycles. The Labute approximate surface area is 111 Å². The van der Waals surface area contributed by atoms with Gasteiger partial charge in [-0.2, -0.15) is 5.10 Å². The molecule has 2 aromatic rings. The second-order valence-corrected chi connectivity index (χ2v) is 4.71. The summed E-state index contributed by atoms with van der Waals surface area (Å²) in [6, 6.07) is 1.86. The van der Waals surface area contributed by atoms with Gasteiger partial charge in [0.05, 0.1) is 23.1 Å². The zero-order valence-corrected chi connectivity index (χ0v) is 11.3. The van der Waals surface area contributed by atoms with Crippen molar-refractivity contribution in [3.63, 3.8) is 0 Å². The van der Waals surface area contributed by atoms with Crippen LogP contribution in [0.2, 0.25) is 0 Å². The Bertz CT molecular complexity index is 604. The number of nitrogens with one attached hydrogen (secondary N) is 1. The number of aliphatic hydroxyl groups is 1. The first-order valence-electron chi connectivity index (χ1n) is 6.27. The van der Waals surface area contributed by atoms with Crippen molar-refractivity contribution >= 4 is 11.6 Å². The molecule has 0 fully saturated rings. The van der Waals surface area contributed by atoms with Crippen LogP contribution >= 0.6 is 0 Å². The maximum Gasteiger partial charge on any atom is 0.254 e. The van der Waals surface area contributed by atoms with Crippen molar-refractivity contribution < 1.29 is 9.90 Å². The Kier molecular flexibility index (Phi) is 3.80. The second-order valence-electron chi connectivity index (χ2n) is 4.71. The van der Waals surface area contributed by atoms with Gasteiger partial charge in [0.15, 0.2) is 5.65 Å². The molecule has 1 unspecified atom stereocenters. The normalized spacial score (nSPS) is 12.6. The van der Waals surface area contributed by atoms with Crippen LogP contribution in [0.1, 0.15) is 35.1 Å². The molecule has 0 aliphatic heterocycles. The van der Waals surface area contributed by atoms with E-state index in [-0.39, 0.29) is 5.91 Å². The van der Waals surface area contributed by atoms with Gasteiger partial charge in [0, 0.05) is 18.8 Å². The fourth-order valence-corrected chi connectivity index (χ4v) is 1.88. The van der Waals surface area contributed by atoms with Gasteiger partial charge in [-0.25, -0.2) is 9.50 Å². The van der Waals surface area contributed by atoms with Crippen molar-refractivity contribution in [2.45, 2.75) is 33.3 Å². The van der Waals surface area contributed by atoms with Crippen molar-refractivity contribution in [2.24, 2.45) is 0 Å². The second kappa shape index (κ2) is 5.36. The third-order valence-electron chi connectivity index (χ3n) is 2.94. The summed E-state index contributed by atoms with van der Waals surface area (Å²) >= 11 is 0. The predicted octanol–water partition coefficient (Wildman–Crippen LogP) is 0.847. The minimum atomic E-state index is -0.421. The molecular weight excluding hydrogens is 244 g/mol. The van der Waals surface area contributed by atoms with E-state index >= 15 is 0 Å². The molecule has 0 aromatic carbocycles. The number of nitrogens with zero attached hydrogens (tertiary/aromatic N) is 3. The first kappa shape index (κ1) is 13.5. The minimum absolute atomic E-state index is 0.194. The topological polar surface area (TPSA) is 79.5 Å². The van der Waals surface area contributed by atoms with Gasteiger partial charge in [-0.3, -0.25) is 4.79 Å². The fourth-order valence-electron chi connectivity index (χ4n) is 1.88. The van der Waals surface area contributed by atoms with E-state index in [4.69, 9.17) is 5.11 Å². The largest absolute Gasteiger partial charge is 0.393 e. The lowest BCUT2D eigenvalue weighted by Crippen LogP contribution is -2.27. The number of fused-ring (bicyclic) bond motifs is 1. The van der Waals surface area contributed by atoms with Gasteiger partial charge >= 0.3 is 0 Å². The molecule has 0 spiro atoms. The first-order valence-corrected chi connectivity index (χ1v) is 6.27. The molecule has 0 radical (unpaired) electrons. The van der Waals surface area contributed by atoms with Gasteiger partial charge in [-0.05, 0) is 27.2 Å². The zero-order chi connectivity index (χ0) is 14.0. The van der Waals surface area contributed by atoms with Gasteiger partial charge in [-0.15, -0.1) is 0 Å². The van der Waals surface area contributed by atoms with Crippen LogP contribution < -0.4 is 5.32 Å². The molecule has 1 amide bonds. The van der Waals surface area contributed by atoms with Crippen molar-refractivity contribution in [2.75, 3.05) is 6.54 Å². The number of amides is 1. The number of carbonyl (C=O) groups excluding carboxylic acids is 1. The number of hydrogen-bond donors (Lipinski definition) is 2. The molecule has 2 heterocycles. The molecule has 6 heteroatoms. The molecule has 0 bridgehead atoms. The number of aliphatic hydroxyl groups excluding tert-OH is 1. The molecule has 102 valence electrons. The number of rotatable bonds is 4. The molecule has 2 N–H and O–H groups in total. The molecular formula is C13H18N4O2. The Morgan fingerprint density at radius 1 is 1.53 bits per heavy atom. The molecule has 0 saturated carbocycles. The smallest absolute Gasteiger partial charge is 0.254 e. The first-order chi connectivity index (χ1) is 8.99. The maximum absolute atomic E-state index is 12.0. The highest BCUT2D eigenvalue weighted by atomic mass is 16.3. The van der Waals surface area contributed by atoms with Crippen molar-refractivity contribution in [3.05, 3.63) is 29.2 Å². The van der Waals surface area contributed by atoms with E-state index in [9.17, 15) is 4.79 Å². The molecule has 6 nitrogen and oxygen atoms in total. The van der Waals surface area contributed by atoms with Crippen LogP contribution in [0.3, 0.4) is 0 Å². The van der Waals surface area contributed by atoms with E-state index in [1.807, 2.05) is 19.9 Å². The van der Waals surface area contributed by atoms with Crippen LogP contribution in [0, 0.1) is 13.8 Å². The molecule has 2 aromatic heterocycles. The Morgan fingerprint density at radius 2 is 2.26 bits per heavy atom. The molecule has 19 heavy (non-hydrogen) atoms. The maximum atomic E-state index is 12.0. The monoisotopic (exact) mass is 262 g/mol. The highest BCUT2D eigenvalue weighted by molar-refractivity contribution is 5.95. The van der Waals surface area contributed by atoms with Crippen LogP contribution in [0.25, 0.3) is 5.65 Å². The SMILES string of the molecule is Cc1cc2ncc(C(=O)NCCC(C)O)c(C)n2n1. The lowest BCUT2D eigenvalue weighted by molar-refractivity contribution is 0.0944. The predicted molar refractivity (Wildman–Crippen MR) is 71.1 cm³/mol. The van der Waals surface area contributed by atoms with Crippen molar-refractivity contribution in [3.8, 4) is 0 Å².